The Kier molecular flexibility index (Phi) is 6.56. The first-order valence-corrected chi connectivity index (χ1v) is 8.86. The summed E-state index contributed by atoms with van der Waals surface area (Å²) in [5.41, 5.74) is 0. The third-order valence-corrected chi connectivity index (χ3v) is 5.96. The van der Waals surface area contributed by atoms with Gasteiger partial charge in [0, 0.05) is 31.4 Å². The summed E-state index contributed by atoms with van der Waals surface area (Å²) in [6.45, 7) is 4.60. The molecule has 0 aromatic heterocycles. The van der Waals surface area contributed by atoms with Gasteiger partial charge in [0.2, 0.25) is 15.9 Å². The topological polar surface area (TPSA) is 66.5 Å². The van der Waals surface area contributed by atoms with Crippen LogP contribution in [0.2, 0.25) is 0 Å². The van der Waals surface area contributed by atoms with Crippen LogP contribution in [0.25, 0.3) is 0 Å². The number of piperidine rings is 1. The zero-order valence-electron chi connectivity index (χ0n) is 11.6. The highest BCUT2D eigenvalue weighted by Crippen LogP contribution is 2.16. The van der Waals surface area contributed by atoms with Gasteiger partial charge in [0.1, 0.15) is 0 Å². The van der Waals surface area contributed by atoms with Gasteiger partial charge in [-0.05, 0) is 18.8 Å². The Morgan fingerprint density at radius 1 is 1.42 bits per heavy atom. The van der Waals surface area contributed by atoms with Gasteiger partial charge >= 0.3 is 0 Å². The molecule has 112 valence electrons. The summed E-state index contributed by atoms with van der Waals surface area (Å²) in [6, 6.07) is 0.101. The highest BCUT2D eigenvalue weighted by atomic mass is 35.5. The van der Waals surface area contributed by atoms with Crippen LogP contribution in [-0.2, 0) is 14.8 Å². The molecule has 5 nitrogen and oxygen atoms in total. The molecule has 1 rings (SSSR count). The van der Waals surface area contributed by atoms with E-state index in [9.17, 15) is 13.2 Å². The highest BCUT2D eigenvalue weighted by molar-refractivity contribution is 7.89. The minimum atomic E-state index is -3.22. The van der Waals surface area contributed by atoms with Crippen molar-refractivity contribution in [2.75, 3.05) is 24.7 Å². The fourth-order valence-corrected chi connectivity index (χ4v) is 4.17. The molecule has 1 saturated heterocycles. The van der Waals surface area contributed by atoms with Gasteiger partial charge in [0.15, 0.2) is 0 Å². The fraction of sp³-hybridized carbons (Fsp3) is 0.917. The molecule has 0 spiro atoms. The lowest BCUT2D eigenvalue weighted by Crippen LogP contribution is -2.47. The van der Waals surface area contributed by atoms with Crippen LogP contribution in [0.15, 0.2) is 0 Å². The molecular weight excluding hydrogens is 288 g/mol. The van der Waals surface area contributed by atoms with Crippen LogP contribution in [0.3, 0.4) is 0 Å². The minimum Gasteiger partial charge on any atom is -0.353 e. The molecule has 1 unspecified atom stereocenters. The van der Waals surface area contributed by atoms with E-state index in [-0.39, 0.29) is 23.6 Å². The summed E-state index contributed by atoms with van der Waals surface area (Å²) < 4.78 is 25.8. The van der Waals surface area contributed by atoms with Crippen molar-refractivity contribution in [2.24, 2.45) is 5.92 Å². The van der Waals surface area contributed by atoms with Gasteiger partial charge < -0.3 is 5.32 Å². The predicted octanol–water partition coefficient (Wildman–Crippen LogP) is 1.18. The number of carbonyl (C=O) groups is 1. The fourth-order valence-electron chi connectivity index (χ4n) is 2.12. The van der Waals surface area contributed by atoms with E-state index in [1.807, 2.05) is 13.8 Å². The van der Waals surface area contributed by atoms with E-state index in [2.05, 4.69) is 5.32 Å². The second-order valence-corrected chi connectivity index (χ2v) is 7.45. The summed E-state index contributed by atoms with van der Waals surface area (Å²) in [4.78, 5) is 11.3. The zero-order chi connectivity index (χ0) is 14.5. The average Bonchev–Trinajstić information content (AvgIpc) is 2.38. The lowest BCUT2D eigenvalue weighted by molar-refractivity contribution is -0.121. The van der Waals surface area contributed by atoms with Gasteiger partial charge in [-0.1, -0.05) is 13.8 Å². The molecule has 19 heavy (non-hydrogen) atoms. The molecule has 0 bridgehead atoms. The molecular formula is C12H23ClN2O3S. The largest absolute Gasteiger partial charge is 0.353 e. The maximum Gasteiger partial charge on any atom is 0.219 e. The van der Waals surface area contributed by atoms with Gasteiger partial charge in [0.25, 0.3) is 0 Å². The Morgan fingerprint density at radius 2 is 2.00 bits per heavy atom. The molecule has 0 saturated carbocycles. The summed E-state index contributed by atoms with van der Waals surface area (Å²) in [7, 11) is -3.22. The number of nitrogens with one attached hydrogen (secondary N) is 1. The molecule has 0 radical (unpaired) electrons. The molecule has 1 aliphatic heterocycles. The van der Waals surface area contributed by atoms with Crippen molar-refractivity contribution in [3.63, 3.8) is 0 Å². The Balaban J connectivity index is 2.47. The van der Waals surface area contributed by atoms with Crippen LogP contribution in [-0.4, -0.2) is 49.4 Å². The lowest BCUT2D eigenvalue weighted by Gasteiger charge is -2.32. The number of nitrogens with zero attached hydrogens (tertiary/aromatic N) is 1. The van der Waals surface area contributed by atoms with Crippen molar-refractivity contribution >= 4 is 27.5 Å². The Labute approximate surface area is 120 Å². The number of hydrogen-bond acceptors (Lipinski definition) is 3. The summed E-state index contributed by atoms with van der Waals surface area (Å²) in [6.07, 6.45) is 1.83. The number of alkyl halides is 1. The van der Waals surface area contributed by atoms with Gasteiger partial charge in [-0.2, -0.15) is 0 Å². The van der Waals surface area contributed by atoms with Gasteiger partial charge in [-0.25, -0.2) is 12.7 Å². The van der Waals surface area contributed by atoms with Crippen molar-refractivity contribution < 1.29 is 13.2 Å². The molecule has 0 aromatic rings. The average molecular weight is 311 g/mol. The molecule has 1 fully saturated rings. The van der Waals surface area contributed by atoms with Crippen molar-refractivity contribution in [1.29, 1.82) is 0 Å². The second kappa shape index (κ2) is 7.45. The third-order valence-electron chi connectivity index (χ3n) is 3.29. The molecule has 7 heteroatoms. The zero-order valence-corrected chi connectivity index (χ0v) is 13.1. The van der Waals surface area contributed by atoms with Crippen LogP contribution < -0.4 is 5.32 Å². The van der Waals surface area contributed by atoms with Crippen LogP contribution in [0.5, 0.6) is 0 Å². The van der Waals surface area contributed by atoms with Crippen molar-refractivity contribution in [2.45, 2.75) is 39.2 Å². The van der Waals surface area contributed by atoms with Crippen molar-refractivity contribution in [3.8, 4) is 0 Å². The highest BCUT2D eigenvalue weighted by Gasteiger charge is 2.29. The Morgan fingerprint density at radius 3 is 2.47 bits per heavy atom. The van der Waals surface area contributed by atoms with E-state index in [4.69, 9.17) is 11.6 Å². The number of rotatable bonds is 6. The van der Waals surface area contributed by atoms with Crippen LogP contribution >= 0.6 is 11.6 Å². The van der Waals surface area contributed by atoms with E-state index in [0.29, 0.717) is 38.2 Å². The molecule has 1 heterocycles. The van der Waals surface area contributed by atoms with Crippen LogP contribution in [0.4, 0.5) is 0 Å². The first-order chi connectivity index (χ1) is 8.89. The van der Waals surface area contributed by atoms with E-state index >= 15 is 0 Å². The van der Waals surface area contributed by atoms with Gasteiger partial charge in [0.05, 0.1) is 5.75 Å². The number of hydrogen-bond donors (Lipinski definition) is 1. The standard InChI is InChI=1S/C12H23ClN2O3S/c1-3-12(16)14-11-4-6-15(7-5-11)19(17,18)9-10(2)8-13/h10-11H,3-9H2,1-2H3,(H,14,16). The number of sulfonamides is 1. The van der Waals surface area contributed by atoms with E-state index < -0.39 is 10.0 Å². The third kappa shape index (κ3) is 5.28. The summed E-state index contributed by atoms with van der Waals surface area (Å²) >= 11 is 5.66. The SMILES string of the molecule is CCC(=O)NC1CCN(S(=O)(=O)CC(C)CCl)CC1. The molecule has 1 aliphatic rings. The van der Waals surface area contributed by atoms with Crippen LogP contribution in [0, 0.1) is 5.92 Å². The smallest absolute Gasteiger partial charge is 0.219 e. The van der Waals surface area contributed by atoms with Crippen molar-refractivity contribution in [1.82, 2.24) is 9.62 Å². The lowest BCUT2D eigenvalue weighted by atomic mass is 10.1. The molecule has 1 amide bonds. The Bertz CT molecular complexity index is 392. The minimum absolute atomic E-state index is 0.0251. The number of carbonyl (C=O) groups excluding carboxylic acids is 1. The van der Waals surface area contributed by atoms with E-state index in [1.165, 1.54) is 4.31 Å². The molecule has 0 aromatic carbocycles. The van der Waals surface area contributed by atoms with Gasteiger partial charge in [-0.3, -0.25) is 4.79 Å². The van der Waals surface area contributed by atoms with Crippen molar-refractivity contribution in [3.05, 3.63) is 0 Å². The summed E-state index contributed by atoms with van der Waals surface area (Å²) in [5.74, 6) is 0.436. The number of halogens is 1. The first-order valence-electron chi connectivity index (χ1n) is 6.72. The molecule has 1 N–H and O–H groups in total. The normalized spacial score (nSPS) is 20.2. The Hall–Kier alpha value is -0.330. The maximum atomic E-state index is 12.1. The van der Waals surface area contributed by atoms with Crippen LogP contribution in [0.1, 0.15) is 33.1 Å². The van der Waals surface area contributed by atoms with E-state index in [1.54, 1.807) is 0 Å². The number of amides is 1. The first kappa shape index (κ1) is 16.7. The van der Waals surface area contributed by atoms with E-state index in [0.717, 1.165) is 0 Å². The molecule has 1 atom stereocenters. The maximum absolute atomic E-state index is 12.1. The monoisotopic (exact) mass is 310 g/mol. The second-order valence-electron chi connectivity index (χ2n) is 5.13. The molecule has 0 aliphatic carbocycles. The van der Waals surface area contributed by atoms with Gasteiger partial charge in [-0.15, -0.1) is 11.6 Å². The summed E-state index contributed by atoms with van der Waals surface area (Å²) in [5, 5.41) is 2.91. The quantitative estimate of drug-likeness (QED) is 0.749. The predicted molar refractivity (Wildman–Crippen MR) is 76.7 cm³/mol.